The van der Waals surface area contributed by atoms with Crippen LogP contribution in [0.2, 0.25) is 0 Å². The van der Waals surface area contributed by atoms with Gasteiger partial charge < -0.3 is 0 Å². The van der Waals surface area contributed by atoms with Crippen LogP contribution in [0.25, 0.3) is 33.7 Å². The Morgan fingerprint density at radius 2 is 1.46 bits per heavy atom. The van der Waals surface area contributed by atoms with Gasteiger partial charge in [0.15, 0.2) is 17.0 Å². The maximum Gasteiger partial charge on any atom is 0.170 e. The first-order chi connectivity index (χ1) is 11.9. The van der Waals surface area contributed by atoms with Crippen molar-refractivity contribution >= 4 is 22.2 Å². The van der Waals surface area contributed by atoms with Gasteiger partial charge in [-0.05, 0) is 24.3 Å². The molecule has 0 atom stereocenters. The summed E-state index contributed by atoms with van der Waals surface area (Å²) < 4.78 is 3.90. The molecule has 0 N–H and O–H groups in total. The molecule has 0 bridgehead atoms. The molecule has 0 aliphatic carbocycles. The van der Waals surface area contributed by atoms with Gasteiger partial charge in [-0.1, -0.05) is 30.3 Å². The van der Waals surface area contributed by atoms with E-state index in [9.17, 15) is 0 Å². The number of hydrogen-bond donors (Lipinski definition) is 0. The number of fused-ring (bicyclic) bond motifs is 2. The Morgan fingerprint density at radius 1 is 0.667 bits per heavy atom. The van der Waals surface area contributed by atoms with E-state index >= 15 is 0 Å². The molecule has 2 aromatic carbocycles. The van der Waals surface area contributed by atoms with Crippen LogP contribution in [0.1, 0.15) is 0 Å². The topological polar surface area (TPSA) is 61.4 Å². The maximum atomic E-state index is 4.55. The van der Waals surface area contributed by atoms with Crippen molar-refractivity contribution in [2.45, 2.75) is 0 Å². The lowest BCUT2D eigenvalue weighted by atomic mass is 10.3. The number of rotatable bonds is 2. The zero-order valence-corrected chi connectivity index (χ0v) is 12.6. The van der Waals surface area contributed by atoms with Gasteiger partial charge in [-0.2, -0.15) is 0 Å². The summed E-state index contributed by atoms with van der Waals surface area (Å²) >= 11 is 0. The number of hydrogen-bond acceptors (Lipinski definition) is 4. The van der Waals surface area contributed by atoms with Crippen LogP contribution in [-0.4, -0.2) is 29.1 Å². The van der Waals surface area contributed by atoms with Crippen LogP contribution in [0.3, 0.4) is 0 Å². The number of imidazole rings is 2. The lowest BCUT2D eigenvalue weighted by Crippen LogP contribution is -2.00. The minimum atomic E-state index is 0.725. The Hall–Kier alpha value is -3.54. The highest BCUT2D eigenvalue weighted by Gasteiger charge is 2.14. The molecule has 24 heavy (non-hydrogen) atoms. The van der Waals surface area contributed by atoms with Gasteiger partial charge in [-0.15, -0.1) is 0 Å². The molecule has 0 aliphatic rings. The third-order valence-electron chi connectivity index (χ3n) is 4.03. The van der Waals surface area contributed by atoms with Crippen molar-refractivity contribution in [1.29, 1.82) is 0 Å². The van der Waals surface area contributed by atoms with Gasteiger partial charge in [0, 0.05) is 5.69 Å². The summed E-state index contributed by atoms with van der Waals surface area (Å²) in [4.78, 5) is 17.8. The van der Waals surface area contributed by atoms with Crippen LogP contribution in [0.5, 0.6) is 0 Å². The van der Waals surface area contributed by atoms with Gasteiger partial charge in [-0.3, -0.25) is 9.13 Å². The quantitative estimate of drug-likeness (QED) is 0.502. The molecule has 0 saturated carbocycles. The summed E-state index contributed by atoms with van der Waals surface area (Å²) in [5, 5.41) is 0. The third kappa shape index (κ3) is 1.83. The van der Waals surface area contributed by atoms with Crippen molar-refractivity contribution in [2.75, 3.05) is 0 Å². The van der Waals surface area contributed by atoms with E-state index in [1.807, 2.05) is 63.7 Å². The van der Waals surface area contributed by atoms with Gasteiger partial charge >= 0.3 is 0 Å². The van der Waals surface area contributed by atoms with Crippen molar-refractivity contribution in [3.05, 3.63) is 73.6 Å². The Morgan fingerprint density at radius 3 is 2.38 bits per heavy atom. The van der Waals surface area contributed by atoms with E-state index in [4.69, 9.17) is 0 Å². The van der Waals surface area contributed by atoms with Crippen molar-refractivity contribution < 1.29 is 0 Å². The van der Waals surface area contributed by atoms with Crippen LogP contribution < -0.4 is 0 Å². The maximum absolute atomic E-state index is 4.55. The van der Waals surface area contributed by atoms with Crippen LogP contribution in [0.15, 0.2) is 73.6 Å². The second kappa shape index (κ2) is 4.99. The molecule has 0 radical (unpaired) electrons. The Bertz CT molecular complexity index is 1160. The second-order valence-electron chi connectivity index (χ2n) is 5.42. The monoisotopic (exact) mass is 312 g/mol. The number of benzene rings is 2. The summed E-state index contributed by atoms with van der Waals surface area (Å²) in [6, 6.07) is 18.0. The molecule has 0 saturated heterocycles. The van der Waals surface area contributed by atoms with Gasteiger partial charge in [0.25, 0.3) is 0 Å². The van der Waals surface area contributed by atoms with E-state index < -0.39 is 0 Å². The van der Waals surface area contributed by atoms with Gasteiger partial charge in [0.2, 0.25) is 0 Å². The SMILES string of the molecule is c1ccc(-n2cnc3c(-n4cnc5ccccc54)ncnc32)cc1. The normalized spacial score (nSPS) is 11.3. The highest BCUT2D eigenvalue weighted by molar-refractivity contribution is 5.84. The molecule has 3 heterocycles. The molecule has 3 aromatic heterocycles. The fourth-order valence-corrected chi connectivity index (χ4v) is 2.90. The molecule has 0 fully saturated rings. The lowest BCUT2D eigenvalue weighted by molar-refractivity contribution is 1.01. The van der Waals surface area contributed by atoms with Gasteiger partial charge in [0.1, 0.15) is 19.0 Å². The second-order valence-corrected chi connectivity index (χ2v) is 5.42. The number of nitrogens with zero attached hydrogens (tertiary/aromatic N) is 6. The summed E-state index contributed by atoms with van der Waals surface area (Å²) in [6.07, 6.45) is 5.11. The molecular formula is C18H12N6. The van der Waals surface area contributed by atoms with Crippen LogP contribution >= 0.6 is 0 Å². The van der Waals surface area contributed by atoms with E-state index in [1.54, 1.807) is 19.0 Å². The van der Waals surface area contributed by atoms with E-state index in [-0.39, 0.29) is 0 Å². The number of aromatic nitrogens is 6. The molecule has 0 spiro atoms. The molecule has 5 rings (SSSR count). The zero-order valence-electron chi connectivity index (χ0n) is 12.6. The molecule has 6 heteroatoms. The third-order valence-corrected chi connectivity index (χ3v) is 4.03. The van der Waals surface area contributed by atoms with Gasteiger partial charge in [-0.25, -0.2) is 19.9 Å². The minimum absolute atomic E-state index is 0.725. The molecule has 5 aromatic rings. The zero-order chi connectivity index (χ0) is 15.9. The van der Waals surface area contributed by atoms with Crippen molar-refractivity contribution in [3.8, 4) is 11.5 Å². The molecule has 0 amide bonds. The van der Waals surface area contributed by atoms with Gasteiger partial charge in [0.05, 0.1) is 11.0 Å². The van der Waals surface area contributed by atoms with Crippen molar-refractivity contribution in [1.82, 2.24) is 29.1 Å². The highest BCUT2D eigenvalue weighted by Crippen LogP contribution is 2.23. The average Bonchev–Trinajstić information content (AvgIpc) is 3.26. The fraction of sp³-hybridized carbons (Fsp3) is 0. The molecular weight excluding hydrogens is 300 g/mol. The Labute approximate surface area is 137 Å². The Balaban J connectivity index is 1.78. The molecule has 6 nitrogen and oxygen atoms in total. The standard InChI is InChI=1S/C18H12N6/c1-2-6-13(7-3-1)23-12-22-16-17(23)19-10-20-18(16)24-11-21-14-8-4-5-9-15(14)24/h1-12H. The first kappa shape index (κ1) is 13.0. The lowest BCUT2D eigenvalue weighted by Gasteiger charge is -2.05. The highest BCUT2D eigenvalue weighted by atomic mass is 15.2. The van der Waals surface area contributed by atoms with Crippen LogP contribution in [0.4, 0.5) is 0 Å². The predicted octanol–water partition coefficient (Wildman–Crippen LogP) is 3.15. The minimum Gasteiger partial charge on any atom is -0.283 e. The first-order valence-electron chi connectivity index (χ1n) is 7.58. The van der Waals surface area contributed by atoms with E-state index in [0.717, 1.165) is 33.7 Å². The summed E-state index contributed by atoms with van der Waals surface area (Å²) in [5.41, 5.74) is 4.44. The van der Waals surface area contributed by atoms with E-state index in [0.29, 0.717) is 0 Å². The van der Waals surface area contributed by atoms with Crippen LogP contribution in [0, 0.1) is 0 Å². The summed E-state index contributed by atoms with van der Waals surface area (Å²) in [5.74, 6) is 0.725. The van der Waals surface area contributed by atoms with E-state index in [1.165, 1.54) is 0 Å². The summed E-state index contributed by atoms with van der Waals surface area (Å²) in [6.45, 7) is 0. The average molecular weight is 312 g/mol. The smallest absolute Gasteiger partial charge is 0.170 e. The van der Waals surface area contributed by atoms with Crippen LogP contribution in [-0.2, 0) is 0 Å². The Kier molecular flexibility index (Phi) is 2.69. The van der Waals surface area contributed by atoms with E-state index in [2.05, 4.69) is 19.9 Å². The van der Waals surface area contributed by atoms with Crippen molar-refractivity contribution in [3.63, 3.8) is 0 Å². The predicted molar refractivity (Wildman–Crippen MR) is 91.3 cm³/mol. The fourth-order valence-electron chi connectivity index (χ4n) is 2.90. The number of para-hydroxylation sites is 3. The molecule has 0 aliphatic heterocycles. The summed E-state index contributed by atoms with van der Waals surface area (Å²) in [7, 11) is 0. The first-order valence-corrected chi connectivity index (χ1v) is 7.58. The molecule has 0 unspecified atom stereocenters. The largest absolute Gasteiger partial charge is 0.283 e. The molecule has 114 valence electrons. The van der Waals surface area contributed by atoms with Crippen molar-refractivity contribution in [2.24, 2.45) is 0 Å².